The van der Waals surface area contributed by atoms with Crippen molar-refractivity contribution in [3.8, 4) is 5.75 Å². The Kier molecular flexibility index (Phi) is 4.20. The van der Waals surface area contributed by atoms with E-state index in [1.807, 2.05) is 30.3 Å². The average Bonchev–Trinajstić information content (AvgIpc) is 2.40. The van der Waals surface area contributed by atoms with Crippen molar-refractivity contribution in [2.45, 2.75) is 26.4 Å². The molecule has 0 bridgehead atoms. The molecule has 0 saturated heterocycles. The fourth-order valence-electron chi connectivity index (χ4n) is 1.78. The van der Waals surface area contributed by atoms with Crippen LogP contribution >= 0.6 is 0 Å². The molecule has 0 aliphatic rings. The van der Waals surface area contributed by atoms with Crippen molar-refractivity contribution in [2.24, 2.45) is 0 Å². The molecule has 0 saturated carbocycles. The highest BCUT2D eigenvalue weighted by Gasteiger charge is 1.96. The Morgan fingerprint density at radius 2 is 1.53 bits per heavy atom. The van der Waals surface area contributed by atoms with Gasteiger partial charge in [-0.2, -0.15) is 0 Å². The molecule has 88 valence electrons. The summed E-state index contributed by atoms with van der Waals surface area (Å²) >= 11 is 0. The highest BCUT2D eigenvalue weighted by atomic mass is 16.5. The molecule has 0 aliphatic carbocycles. The van der Waals surface area contributed by atoms with Gasteiger partial charge in [-0.05, 0) is 29.7 Å². The maximum Gasteiger partial charge on any atom is 0.119 e. The van der Waals surface area contributed by atoms with Crippen LogP contribution in [0.1, 0.15) is 24.5 Å². The van der Waals surface area contributed by atoms with Crippen LogP contribution in [-0.2, 0) is 13.0 Å². The third-order valence-corrected chi connectivity index (χ3v) is 2.71. The highest BCUT2D eigenvalue weighted by Crippen LogP contribution is 2.15. The van der Waals surface area contributed by atoms with Gasteiger partial charge in [-0.1, -0.05) is 55.8 Å². The van der Waals surface area contributed by atoms with Crippen molar-refractivity contribution >= 4 is 0 Å². The van der Waals surface area contributed by atoms with Crippen LogP contribution in [0.25, 0.3) is 0 Å². The van der Waals surface area contributed by atoms with Crippen LogP contribution in [0.2, 0.25) is 0 Å². The van der Waals surface area contributed by atoms with Crippen molar-refractivity contribution in [1.82, 2.24) is 0 Å². The number of rotatable bonds is 5. The molecule has 1 heteroatoms. The first-order chi connectivity index (χ1) is 8.38. The monoisotopic (exact) mass is 226 g/mol. The van der Waals surface area contributed by atoms with Crippen molar-refractivity contribution in [1.29, 1.82) is 0 Å². The Morgan fingerprint density at radius 3 is 2.18 bits per heavy atom. The second-order valence-corrected chi connectivity index (χ2v) is 4.17. The maximum absolute atomic E-state index is 5.73. The molecule has 0 spiro atoms. The van der Waals surface area contributed by atoms with E-state index in [2.05, 4.69) is 31.2 Å². The van der Waals surface area contributed by atoms with Gasteiger partial charge >= 0.3 is 0 Å². The fraction of sp³-hybridized carbons (Fsp3) is 0.250. The topological polar surface area (TPSA) is 9.23 Å². The van der Waals surface area contributed by atoms with E-state index >= 15 is 0 Å². The summed E-state index contributed by atoms with van der Waals surface area (Å²) in [6.45, 7) is 2.83. The Labute approximate surface area is 103 Å². The van der Waals surface area contributed by atoms with E-state index in [0.29, 0.717) is 6.61 Å². The van der Waals surface area contributed by atoms with E-state index < -0.39 is 0 Å². The Balaban J connectivity index is 1.91. The average molecular weight is 226 g/mol. The molecule has 0 fully saturated rings. The molecule has 2 aromatic carbocycles. The van der Waals surface area contributed by atoms with Gasteiger partial charge in [0.25, 0.3) is 0 Å². The maximum atomic E-state index is 5.73. The Bertz CT molecular complexity index is 431. The fourth-order valence-corrected chi connectivity index (χ4v) is 1.78. The number of hydrogen-bond acceptors (Lipinski definition) is 1. The molecular weight excluding hydrogens is 208 g/mol. The largest absolute Gasteiger partial charge is 0.489 e. The van der Waals surface area contributed by atoms with E-state index in [1.54, 1.807) is 0 Å². The minimum Gasteiger partial charge on any atom is -0.489 e. The van der Waals surface area contributed by atoms with Gasteiger partial charge in [0.15, 0.2) is 0 Å². The van der Waals surface area contributed by atoms with E-state index in [9.17, 15) is 0 Å². The second-order valence-electron chi connectivity index (χ2n) is 4.17. The third kappa shape index (κ3) is 3.63. The SMILES string of the molecule is CCCc1ccc(OCc2ccccc2)cc1. The van der Waals surface area contributed by atoms with Gasteiger partial charge in [-0.3, -0.25) is 0 Å². The molecule has 0 N–H and O–H groups in total. The number of ether oxygens (including phenoxy) is 1. The van der Waals surface area contributed by atoms with Gasteiger partial charge in [-0.25, -0.2) is 0 Å². The number of benzene rings is 2. The van der Waals surface area contributed by atoms with Crippen molar-refractivity contribution < 1.29 is 4.74 Å². The lowest BCUT2D eigenvalue weighted by Gasteiger charge is -2.07. The number of aryl methyl sites for hydroxylation is 1. The predicted octanol–water partition coefficient (Wildman–Crippen LogP) is 4.22. The van der Waals surface area contributed by atoms with Gasteiger partial charge in [0, 0.05) is 0 Å². The smallest absolute Gasteiger partial charge is 0.119 e. The van der Waals surface area contributed by atoms with Crippen molar-refractivity contribution in [3.63, 3.8) is 0 Å². The molecule has 0 aromatic heterocycles. The van der Waals surface area contributed by atoms with Crippen LogP contribution < -0.4 is 4.74 Å². The molecular formula is C16H18O. The summed E-state index contributed by atoms with van der Waals surface area (Å²) in [6, 6.07) is 18.6. The van der Waals surface area contributed by atoms with Gasteiger partial charge in [-0.15, -0.1) is 0 Å². The van der Waals surface area contributed by atoms with Gasteiger partial charge < -0.3 is 4.74 Å². The number of hydrogen-bond donors (Lipinski definition) is 0. The molecule has 0 heterocycles. The van der Waals surface area contributed by atoms with E-state index in [0.717, 1.165) is 12.2 Å². The molecule has 1 nitrogen and oxygen atoms in total. The minimum absolute atomic E-state index is 0.633. The molecule has 0 radical (unpaired) electrons. The molecule has 17 heavy (non-hydrogen) atoms. The summed E-state index contributed by atoms with van der Waals surface area (Å²) in [5.41, 5.74) is 2.57. The molecule has 0 atom stereocenters. The first kappa shape index (κ1) is 11.7. The standard InChI is InChI=1S/C16H18O/c1-2-6-14-9-11-16(12-10-14)17-13-15-7-4-3-5-8-15/h3-5,7-12H,2,6,13H2,1H3. The van der Waals surface area contributed by atoms with Crippen LogP contribution in [0.4, 0.5) is 0 Å². The lowest BCUT2D eigenvalue weighted by atomic mass is 10.1. The zero-order valence-corrected chi connectivity index (χ0v) is 10.2. The zero-order valence-electron chi connectivity index (χ0n) is 10.2. The van der Waals surface area contributed by atoms with E-state index in [-0.39, 0.29) is 0 Å². The van der Waals surface area contributed by atoms with Gasteiger partial charge in [0.1, 0.15) is 12.4 Å². The minimum atomic E-state index is 0.633. The van der Waals surface area contributed by atoms with Crippen molar-refractivity contribution in [2.75, 3.05) is 0 Å². The molecule has 0 amide bonds. The zero-order chi connectivity index (χ0) is 11.9. The summed E-state index contributed by atoms with van der Waals surface area (Å²) in [5.74, 6) is 0.939. The summed E-state index contributed by atoms with van der Waals surface area (Å²) < 4.78 is 5.73. The van der Waals surface area contributed by atoms with Gasteiger partial charge in [0.2, 0.25) is 0 Å². The summed E-state index contributed by atoms with van der Waals surface area (Å²) in [6.07, 6.45) is 2.32. The van der Waals surface area contributed by atoms with Crippen LogP contribution in [0, 0.1) is 0 Å². The molecule has 0 unspecified atom stereocenters. The highest BCUT2D eigenvalue weighted by molar-refractivity contribution is 5.27. The predicted molar refractivity (Wildman–Crippen MR) is 71.2 cm³/mol. The quantitative estimate of drug-likeness (QED) is 0.741. The van der Waals surface area contributed by atoms with Crippen LogP contribution in [0.3, 0.4) is 0 Å². The van der Waals surface area contributed by atoms with E-state index in [1.165, 1.54) is 17.5 Å². The molecule has 2 aromatic rings. The van der Waals surface area contributed by atoms with Gasteiger partial charge in [0.05, 0.1) is 0 Å². The molecule has 0 aliphatic heterocycles. The third-order valence-electron chi connectivity index (χ3n) is 2.71. The summed E-state index contributed by atoms with van der Waals surface area (Å²) in [7, 11) is 0. The lowest BCUT2D eigenvalue weighted by molar-refractivity contribution is 0.306. The van der Waals surface area contributed by atoms with E-state index in [4.69, 9.17) is 4.74 Å². The Morgan fingerprint density at radius 1 is 0.824 bits per heavy atom. The van der Waals surface area contributed by atoms with Crippen LogP contribution in [0.5, 0.6) is 5.75 Å². The first-order valence-corrected chi connectivity index (χ1v) is 6.14. The second kappa shape index (κ2) is 6.09. The lowest BCUT2D eigenvalue weighted by Crippen LogP contribution is -1.95. The summed E-state index contributed by atoms with van der Waals surface area (Å²) in [4.78, 5) is 0. The normalized spacial score (nSPS) is 10.2. The molecule has 2 rings (SSSR count). The summed E-state index contributed by atoms with van der Waals surface area (Å²) in [5, 5.41) is 0. The Hall–Kier alpha value is -1.76. The van der Waals surface area contributed by atoms with Crippen molar-refractivity contribution in [3.05, 3.63) is 65.7 Å². The first-order valence-electron chi connectivity index (χ1n) is 6.14. The van der Waals surface area contributed by atoms with Crippen LogP contribution in [0.15, 0.2) is 54.6 Å². The van der Waals surface area contributed by atoms with Crippen LogP contribution in [-0.4, -0.2) is 0 Å².